The number of aromatic nitrogens is 1. The molecule has 3 heteroatoms. The van der Waals surface area contributed by atoms with Crippen molar-refractivity contribution in [2.75, 3.05) is 13.1 Å². The smallest absolute Gasteiger partial charge is 0.0410 e. The van der Waals surface area contributed by atoms with Crippen LogP contribution in [0.25, 0.3) is 0 Å². The van der Waals surface area contributed by atoms with E-state index >= 15 is 0 Å². The Labute approximate surface area is 120 Å². The summed E-state index contributed by atoms with van der Waals surface area (Å²) in [7, 11) is 0. The maximum absolute atomic E-state index is 4.27. The van der Waals surface area contributed by atoms with Gasteiger partial charge in [-0.25, -0.2) is 0 Å². The maximum atomic E-state index is 4.27. The summed E-state index contributed by atoms with van der Waals surface area (Å²) in [5, 5.41) is 3.58. The quantitative estimate of drug-likeness (QED) is 0.728. The van der Waals surface area contributed by atoms with E-state index in [0.29, 0.717) is 5.41 Å². The molecule has 0 unspecified atom stereocenters. The van der Waals surface area contributed by atoms with Crippen LogP contribution in [-0.4, -0.2) is 18.1 Å². The zero-order chi connectivity index (χ0) is 13.4. The van der Waals surface area contributed by atoms with Crippen molar-refractivity contribution in [3.63, 3.8) is 0 Å². The van der Waals surface area contributed by atoms with Gasteiger partial charge in [-0.3, -0.25) is 4.98 Å². The molecule has 0 amide bonds. The number of nitrogens with one attached hydrogen (secondary N) is 1. The second-order valence-corrected chi connectivity index (χ2v) is 5.99. The molecule has 0 saturated carbocycles. The fourth-order valence-electron chi connectivity index (χ4n) is 2.33. The van der Waals surface area contributed by atoms with Gasteiger partial charge >= 0.3 is 0 Å². The van der Waals surface area contributed by atoms with E-state index in [-0.39, 0.29) is 0 Å². The highest BCUT2D eigenvalue weighted by Gasteiger charge is 2.26. The van der Waals surface area contributed by atoms with Gasteiger partial charge in [-0.05, 0) is 65.2 Å². The summed E-state index contributed by atoms with van der Waals surface area (Å²) in [6.07, 6.45) is 8.54. The summed E-state index contributed by atoms with van der Waals surface area (Å²) in [5.41, 5.74) is 1.68. The van der Waals surface area contributed by atoms with Crippen molar-refractivity contribution in [1.82, 2.24) is 10.3 Å². The van der Waals surface area contributed by atoms with E-state index in [1.807, 2.05) is 12.4 Å². The van der Waals surface area contributed by atoms with Gasteiger partial charge in [-0.1, -0.05) is 20.8 Å². The van der Waals surface area contributed by atoms with E-state index in [1.54, 1.807) is 0 Å². The Morgan fingerprint density at radius 2 is 1.94 bits per heavy atom. The number of pyridine rings is 1. The topological polar surface area (TPSA) is 24.9 Å². The summed E-state index contributed by atoms with van der Waals surface area (Å²) in [6, 6.07) is 2.19. The Morgan fingerprint density at radius 1 is 1.22 bits per heavy atom. The van der Waals surface area contributed by atoms with Crippen molar-refractivity contribution in [3.8, 4) is 0 Å². The van der Waals surface area contributed by atoms with Crippen molar-refractivity contribution in [3.05, 3.63) is 28.5 Å². The number of rotatable bonds is 8. The highest BCUT2D eigenvalue weighted by Crippen LogP contribution is 2.30. The predicted molar refractivity (Wildman–Crippen MR) is 81.8 cm³/mol. The van der Waals surface area contributed by atoms with Crippen molar-refractivity contribution >= 4 is 15.9 Å². The van der Waals surface area contributed by atoms with Gasteiger partial charge in [0.05, 0.1) is 0 Å². The van der Waals surface area contributed by atoms with Crippen LogP contribution in [0.2, 0.25) is 0 Å². The molecule has 0 aliphatic carbocycles. The molecule has 0 aliphatic heterocycles. The fourth-order valence-corrected chi connectivity index (χ4v) is 2.74. The molecular formula is C15H25BrN2. The van der Waals surface area contributed by atoms with Crippen LogP contribution < -0.4 is 5.32 Å². The third-order valence-electron chi connectivity index (χ3n) is 3.77. The van der Waals surface area contributed by atoms with Crippen molar-refractivity contribution in [2.45, 2.75) is 46.5 Å². The van der Waals surface area contributed by atoms with Gasteiger partial charge < -0.3 is 5.32 Å². The van der Waals surface area contributed by atoms with Crippen LogP contribution in [0.1, 0.15) is 45.6 Å². The maximum Gasteiger partial charge on any atom is 0.0410 e. The molecule has 1 heterocycles. The van der Waals surface area contributed by atoms with Crippen molar-refractivity contribution in [1.29, 1.82) is 0 Å². The van der Waals surface area contributed by atoms with Gasteiger partial charge in [0.15, 0.2) is 0 Å². The van der Waals surface area contributed by atoms with Crippen LogP contribution >= 0.6 is 15.9 Å². The largest absolute Gasteiger partial charge is 0.316 e. The van der Waals surface area contributed by atoms with E-state index in [9.17, 15) is 0 Å². The predicted octanol–water partition coefficient (Wildman–Crippen LogP) is 4.19. The first-order chi connectivity index (χ1) is 8.65. The van der Waals surface area contributed by atoms with Gasteiger partial charge in [0.25, 0.3) is 0 Å². The number of hydrogen-bond donors (Lipinski definition) is 1. The molecule has 1 aromatic rings. The normalized spacial score (nSPS) is 11.8. The molecule has 0 atom stereocenters. The second kappa shape index (κ2) is 7.90. The van der Waals surface area contributed by atoms with Crippen LogP contribution in [0, 0.1) is 5.41 Å². The Balaban J connectivity index is 2.71. The molecule has 1 aromatic heterocycles. The van der Waals surface area contributed by atoms with Crippen molar-refractivity contribution in [2.24, 2.45) is 5.41 Å². The lowest BCUT2D eigenvalue weighted by atomic mass is 9.77. The first-order valence-corrected chi connectivity index (χ1v) is 7.75. The standard InChI is InChI=1S/C15H25BrN2/c1-4-7-17-12-15(5-2,6-3)9-13-8-14(16)11-18-10-13/h8,10-11,17H,4-7,9,12H2,1-3H3. The van der Waals surface area contributed by atoms with E-state index in [0.717, 1.165) is 24.0 Å². The lowest BCUT2D eigenvalue weighted by Crippen LogP contribution is -2.35. The van der Waals surface area contributed by atoms with Gasteiger partial charge in [0.2, 0.25) is 0 Å². The molecule has 102 valence electrons. The van der Waals surface area contributed by atoms with Crippen LogP contribution in [0.4, 0.5) is 0 Å². The van der Waals surface area contributed by atoms with Gasteiger partial charge in [0.1, 0.15) is 0 Å². The zero-order valence-electron chi connectivity index (χ0n) is 11.8. The van der Waals surface area contributed by atoms with Crippen LogP contribution in [-0.2, 0) is 6.42 Å². The molecule has 1 rings (SSSR count). The SMILES string of the molecule is CCCNCC(CC)(CC)Cc1cncc(Br)c1. The molecule has 0 aliphatic rings. The molecule has 0 fully saturated rings. The van der Waals surface area contributed by atoms with E-state index in [1.165, 1.54) is 24.8 Å². The third kappa shape index (κ3) is 4.69. The molecule has 1 N–H and O–H groups in total. The average molecular weight is 313 g/mol. The summed E-state index contributed by atoms with van der Waals surface area (Å²) in [4.78, 5) is 4.27. The fraction of sp³-hybridized carbons (Fsp3) is 0.667. The summed E-state index contributed by atoms with van der Waals surface area (Å²) in [5.74, 6) is 0. The van der Waals surface area contributed by atoms with Gasteiger partial charge in [0, 0.05) is 23.4 Å². The van der Waals surface area contributed by atoms with Crippen LogP contribution in [0.5, 0.6) is 0 Å². The van der Waals surface area contributed by atoms with Crippen molar-refractivity contribution < 1.29 is 0 Å². The number of hydrogen-bond acceptors (Lipinski definition) is 2. The monoisotopic (exact) mass is 312 g/mol. The Morgan fingerprint density at radius 3 is 2.50 bits per heavy atom. The van der Waals surface area contributed by atoms with E-state index < -0.39 is 0 Å². The first-order valence-electron chi connectivity index (χ1n) is 6.96. The second-order valence-electron chi connectivity index (χ2n) is 5.07. The summed E-state index contributed by atoms with van der Waals surface area (Å²) in [6.45, 7) is 9.01. The van der Waals surface area contributed by atoms with Crippen LogP contribution in [0.3, 0.4) is 0 Å². The lowest BCUT2D eigenvalue weighted by molar-refractivity contribution is 0.246. The number of halogens is 1. The minimum Gasteiger partial charge on any atom is -0.316 e. The molecular weight excluding hydrogens is 288 g/mol. The molecule has 0 bridgehead atoms. The average Bonchev–Trinajstić information content (AvgIpc) is 2.38. The molecule has 18 heavy (non-hydrogen) atoms. The molecule has 0 aromatic carbocycles. The number of nitrogens with zero attached hydrogens (tertiary/aromatic N) is 1. The first kappa shape index (κ1) is 15.6. The Hall–Kier alpha value is -0.410. The van der Waals surface area contributed by atoms with Crippen LogP contribution in [0.15, 0.2) is 22.9 Å². The Bertz CT molecular complexity index is 348. The minimum atomic E-state index is 0.359. The molecule has 0 saturated heterocycles. The van der Waals surface area contributed by atoms with Gasteiger partial charge in [-0.2, -0.15) is 0 Å². The van der Waals surface area contributed by atoms with E-state index in [4.69, 9.17) is 0 Å². The van der Waals surface area contributed by atoms with E-state index in [2.05, 4.69) is 53.1 Å². The molecule has 2 nitrogen and oxygen atoms in total. The minimum absolute atomic E-state index is 0.359. The van der Waals surface area contributed by atoms with Gasteiger partial charge in [-0.15, -0.1) is 0 Å². The summed E-state index contributed by atoms with van der Waals surface area (Å²) < 4.78 is 1.07. The molecule has 0 spiro atoms. The summed E-state index contributed by atoms with van der Waals surface area (Å²) >= 11 is 3.50. The highest BCUT2D eigenvalue weighted by atomic mass is 79.9. The third-order valence-corrected chi connectivity index (χ3v) is 4.20. The highest BCUT2D eigenvalue weighted by molar-refractivity contribution is 9.10. The molecule has 0 radical (unpaired) electrons. The Kier molecular flexibility index (Phi) is 6.87. The zero-order valence-corrected chi connectivity index (χ0v) is 13.4. The lowest BCUT2D eigenvalue weighted by Gasteiger charge is -2.32.